The predicted octanol–water partition coefficient (Wildman–Crippen LogP) is 2.02. The van der Waals surface area contributed by atoms with Crippen LogP contribution in [-0.2, 0) is 0 Å². The highest BCUT2D eigenvalue weighted by Crippen LogP contribution is 2.07. The van der Waals surface area contributed by atoms with Crippen molar-refractivity contribution in [2.45, 2.75) is 19.3 Å². The minimum Gasteiger partial charge on any atom is -0.478 e. The molecule has 0 aliphatic heterocycles. The van der Waals surface area contributed by atoms with Crippen LogP contribution in [0.2, 0.25) is 0 Å². The largest absolute Gasteiger partial charge is 0.478 e. The van der Waals surface area contributed by atoms with Crippen LogP contribution in [0.25, 0.3) is 0 Å². The van der Waals surface area contributed by atoms with Crippen LogP contribution in [0.15, 0.2) is 18.3 Å². The van der Waals surface area contributed by atoms with Gasteiger partial charge in [-0.15, -0.1) is 0 Å². The van der Waals surface area contributed by atoms with Gasteiger partial charge < -0.3 is 10.1 Å². The van der Waals surface area contributed by atoms with Crippen molar-refractivity contribution >= 4 is 12.6 Å². The number of nitrogens with zero attached hydrogens (tertiary/aromatic N) is 2. The molecule has 0 atom stereocenters. The molecule has 18 heavy (non-hydrogen) atoms. The van der Waals surface area contributed by atoms with E-state index in [1.807, 2.05) is 6.07 Å². The van der Waals surface area contributed by atoms with Gasteiger partial charge in [0, 0.05) is 24.6 Å². The zero-order chi connectivity index (χ0) is 13.1. The molecule has 0 aliphatic rings. The average Bonchev–Trinajstić information content (AvgIpc) is 2.42. The molecule has 0 aromatic carbocycles. The Morgan fingerprint density at radius 3 is 2.83 bits per heavy atom. The number of hydrogen-bond donors (Lipinski definition) is 2. The van der Waals surface area contributed by atoms with E-state index in [0.717, 1.165) is 38.1 Å². The van der Waals surface area contributed by atoms with Gasteiger partial charge in [-0.1, -0.05) is 0 Å². The predicted molar refractivity (Wildman–Crippen MR) is 75.0 cm³/mol. The first-order chi connectivity index (χ1) is 8.86. The van der Waals surface area contributed by atoms with Crippen LogP contribution in [0.3, 0.4) is 0 Å². The molecule has 0 unspecified atom stereocenters. The Hall–Kier alpha value is -1.25. The molecule has 1 aromatic rings. The molecule has 0 bridgehead atoms. The van der Waals surface area contributed by atoms with E-state index in [9.17, 15) is 0 Å². The van der Waals surface area contributed by atoms with Crippen LogP contribution in [0.4, 0.5) is 0 Å². The summed E-state index contributed by atoms with van der Waals surface area (Å²) in [4.78, 5) is 4.04. The highest BCUT2D eigenvalue weighted by Gasteiger charge is 1.96. The normalized spacial score (nSPS) is 10.0. The van der Waals surface area contributed by atoms with Crippen molar-refractivity contribution in [2.75, 3.05) is 25.4 Å². The van der Waals surface area contributed by atoms with E-state index in [2.05, 4.69) is 22.9 Å². The van der Waals surface area contributed by atoms with Crippen molar-refractivity contribution in [2.24, 2.45) is 0 Å². The molecule has 1 heterocycles. The molecule has 5 heteroatoms. The van der Waals surface area contributed by atoms with E-state index in [1.165, 1.54) is 6.20 Å². The van der Waals surface area contributed by atoms with Gasteiger partial charge in [0.2, 0.25) is 5.88 Å². The quantitative estimate of drug-likeness (QED) is 0.530. The number of hydrogen-bond acceptors (Lipinski definition) is 5. The van der Waals surface area contributed by atoms with Gasteiger partial charge in [-0.3, -0.25) is 0 Å². The first-order valence-electron chi connectivity index (χ1n) is 6.17. The molecular weight excluding hydrogens is 246 g/mol. The molecule has 98 valence electrons. The Labute approximate surface area is 114 Å². The van der Waals surface area contributed by atoms with Crippen LogP contribution in [0, 0.1) is 11.3 Å². The van der Waals surface area contributed by atoms with Crippen molar-refractivity contribution < 1.29 is 4.74 Å². The Bertz CT molecular complexity index is 361. The minimum absolute atomic E-state index is 0.553. The van der Waals surface area contributed by atoms with Gasteiger partial charge in [0.15, 0.2) is 0 Å². The zero-order valence-electron chi connectivity index (χ0n) is 10.4. The fraction of sp³-hybridized carbons (Fsp3) is 0.538. The summed E-state index contributed by atoms with van der Waals surface area (Å²) in [6.45, 7) is 2.68. The summed E-state index contributed by atoms with van der Waals surface area (Å²) in [5, 5.41) is 11.9. The van der Waals surface area contributed by atoms with Crippen molar-refractivity contribution in [3.05, 3.63) is 23.9 Å². The number of rotatable bonds is 9. The van der Waals surface area contributed by atoms with Gasteiger partial charge >= 0.3 is 0 Å². The van der Waals surface area contributed by atoms with Crippen LogP contribution >= 0.6 is 12.6 Å². The van der Waals surface area contributed by atoms with Crippen molar-refractivity contribution in [1.82, 2.24) is 10.3 Å². The monoisotopic (exact) mass is 265 g/mol. The highest BCUT2D eigenvalue weighted by molar-refractivity contribution is 7.80. The Morgan fingerprint density at radius 2 is 2.17 bits per heavy atom. The van der Waals surface area contributed by atoms with Crippen LogP contribution < -0.4 is 10.1 Å². The molecule has 4 nitrogen and oxygen atoms in total. The SMILES string of the molecule is N#Cc1ccc(OCCCCCNCCS)nc1. The van der Waals surface area contributed by atoms with Gasteiger partial charge in [-0.25, -0.2) is 4.98 Å². The number of thiol groups is 1. The number of nitrogens with one attached hydrogen (secondary N) is 1. The Kier molecular flexibility index (Phi) is 8.02. The second-order valence-corrected chi connectivity index (χ2v) is 4.33. The van der Waals surface area contributed by atoms with Crippen LogP contribution in [0.1, 0.15) is 24.8 Å². The molecule has 0 aliphatic carbocycles. The van der Waals surface area contributed by atoms with E-state index in [4.69, 9.17) is 10.00 Å². The third-order valence-corrected chi connectivity index (χ3v) is 2.63. The molecule has 1 aromatic heterocycles. The summed E-state index contributed by atoms with van der Waals surface area (Å²) < 4.78 is 5.48. The minimum atomic E-state index is 0.553. The second kappa shape index (κ2) is 9.75. The number of ether oxygens (including phenoxy) is 1. The van der Waals surface area contributed by atoms with Crippen molar-refractivity contribution in [1.29, 1.82) is 5.26 Å². The molecule has 0 spiro atoms. The highest BCUT2D eigenvalue weighted by atomic mass is 32.1. The first kappa shape index (κ1) is 14.8. The van der Waals surface area contributed by atoms with E-state index in [1.54, 1.807) is 12.1 Å². The lowest BCUT2D eigenvalue weighted by Crippen LogP contribution is -2.17. The lowest BCUT2D eigenvalue weighted by Gasteiger charge is -2.05. The molecule has 0 saturated heterocycles. The Morgan fingerprint density at radius 1 is 1.28 bits per heavy atom. The molecule has 1 N–H and O–H groups in total. The average molecular weight is 265 g/mol. The maximum Gasteiger partial charge on any atom is 0.213 e. The topological polar surface area (TPSA) is 57.9 Å². The zero-order valence-corrected chi connectivity index (χ0v) is 11.3. The summed E-state index contributed by atoms with van der Waals surface area (Å²) in [6.07, 6.45) is 4.83. The molecule has 0 amide bonds. The standard InChI is InChI=1S/C13H19N3OS/c14-10-12-4-5-13(16-11-12)17-8-3-1-2-6-15-7-9-18/h4-5,11,15,18H,1-3,6-9H2. The van der Waals surface area contributed by atoms with Crippen LogP contribution in [-0.4, -0.2) is 30.4 Å². The number of nitriles is 1. The third-order valence-electron chi connectivity index (χ3n) is 2.40. The molecule has 0 radical (unpaired) electrons. The summed E-state index contributed by atoms with van der Waals surface area (Å²) >= 11 is 4.12. The van der Waals surface area contributed by atoms with Crippen LogP contribution in [0.5, 0.6) is 5.88 Å². The molecule has 1 rings (SSSR count). The fourth-order valence-corrected chi connectivity index (χ4v) is 1.60. The molecule has 0 saturated carbocycles. The van der Waals surface area contributed by atoms with Gasteiger partial charge in [0.05, 0.1) is 12.2 Å². The number of unbranched alkanes of at least 4 members (excludes halogenated alkanes) is 2. The van der Waals surface area contributed by atoms with Crippen molar-refractivity contribution in [3.63, 3.8) is 0 Å². The summed E-state index contributed by atoms with van der Waals surface area (Å²) in [5.74, 6) is 1.47. The summed E-state index contributed by atoms with van der Waals surface area (Å²) in [5.41, 5.74) is 0.553. The van der Waals surface area contributed by atoms with Crippen molar-refractivity contribution in [3.8, 4) is 11.9 Å². The second-order valence-electron chi connectivity index (χ2n) is 3.88. The lowest BCUT2D eigenvalue weighted by molar-refractivity contribution is 0.294. The third kappa shape index (κ3) is 6.48. The fourth-order valence-electron chi connectivity index (χ4n) is 1.44. The van der Waals surface area contributed by atoms with E-state index < -0.39 is 0 Å². The van der Waals surface area contributed by atoms with Gasteiger partial charge in [0.25, 0.3) is 0 Å². The molecule has 0 fully saturated rings. The number of pyridine rings is 1. The summed E-state index contributed by atoms with van der Waals surface area (Å²) in [7, 11) is 0. The van der Waals surface area contributed by atoms with E-state index >= 15 is 0 Å². The maximum absolute atomic E-state index is 8.62. The number of aromatic nitrogens is 1. The lowest BCUT2D eigenvalue weighted by atomic mass is 10.2. The summed E-state index contributed by atoms with van der Waals surface area (Å²) in [6, 6.07) is 5.47. The van der Waals surface area contributed by atoms with Gasteiger partial charge in [-0.2, -0.15) is 17.9 Å². The first-order valence-corrected chi connectivity index (χ1v) is 6.80. The van der Waals surface area contributed by atoms with Gasteiger partial charge in [-0.05, 0) is 31.9 Å². The molecular formula is C13H19N3OS. The van der Waals surface area contributed by atoms with Gasteiger partial charge in [0.1, 0.15) is 6.07 Å². The van der Waals surface area contributed by atoms with E-state index in [0.29, 0.717) is 18.1 Å². The Balaban J connectivity index is 2.02. The maximum atomic E-state index is 8.62. The smallest absolute Gasteiger partial charge is 0.213 e. The van der Waals surface area contributed by atoms with E-state index in [-0.39, 0.29) is 0 Å².